The first-order chi connectivity index (χ1) is 14.0. The second-order valence-corrected chi connectivity index (χ2v) is 7.43. The highest BCUT2D eigenvalue weighted by Gasteiger charge is 2.12. The summed E-state index contributed by atoms with van der Waals surface area (Å²) in [6.45, 7) is 0.809. The van der Waals surface area contributed by atoms with E-state index in [4.69, 9.17) is 22.2 Å². The molecule has 152 valence electrons. The van der Waals surface area contributed by atoms with Crippen LogP contribution in [0.3, 0.4) is 0 Å². The van der Waals surface area contributed by atoms with Crippen LogP contribution in [-0.2, 0) is 17.9 Å². The predicted molar refractivity (Wildman–Crippen MR) is 115 cm³/mol. The van der Waals surface area contributed by atoms with Crippen molar-refractivity contribution in [1.29, 1.82) is 0 Å². The summed E-state index contributed by atoms with van der Waals surface area (Å²) in [7, 11) is 1.62. The largest absolute Gasteiger partial charge is 0.497 e. The predicted octanol–water partition coefficient (Wildman–Crippen LogP) is 2.67. The number of amides is 1. The van der Waals surface area contributed by atoms with E-state index in [-0.39, 0.29) is 11.7 Å². The molecule has 1 amide bonds. The van der Waals surface area contributed by atoms with Gasteiger partial charge in [0.15, 0.2) is 5.82 Å². The molecule has 2 aromatic carbocycles. The molecule has 4 N–H and O–H groups in total. The van der Waals surface area contributed by atoms with Crippen molar-refractivity contribution >= 4 is 35.0 Å². The number of nitrogens with one attached hydrogen (secondary N) is 2. The third-order valence-corrected chi connectivity index (χ3v) is 5.17. The van der Waals surface area contributed by atoms with Gasteiger partial charge in [-0.25, -0.2) is 4.68 Å². The lowest BCUT2D eigenvalue weighted by Crippen LogP contribution is -2.25. The molecule has 0 unspecified atom stereocenters. The molecule has 0 aliphatic heterocycles. The van der Waals surface area contributed by atoms with Crippen LogP contribution in [0, 0.1) is 0 Å². The summed E-state index contributed by atoms with van der Waals surface area (Å²) in [4.78, 5) is 12.1. The highest BCUT2D eigenvalue weighted by molar-refractivity contribution is 7.99. The molecule has 3 rings (SSSR count). The number of thioether (sulfide) groups is 1. The number of hydrogen-bond donors (Lipinski definition) is 3. The minimum atomic E-state index is -0.129. The van der Waals surface area contributed by atoms with Crippen LogP contribution in [-0.4, -0.2) is 33.6 Å². The van der Waals surface area contributed by atoms with Gasteiger partial charge in [-0.15, -0.1) is 10.2 Å². The van der Waals surface area contributed by atoms with E-state index in [2.05, 4.69) is 20.8 Å². The molecule has 0 saturated heterocycles. The second-order valence-electron chi connectivity index (χ2n) is 6.05. The Balaban J connectivity index is 1.46. The van der Waals surface area contributed by atoms with Crippen LogP contribution >= 0.6 is 23.4 Å². The lowest BCUT2D eigenvalue weighted by atomic mass is 10.2. The van der Waals surface area contributed by atoms with Crippen LogP contribution < -0.4 is 21.2 Å². The molecule has 0 bridgehead atoms. The number of nitrogens with zero attached hydrogens (tertiary/aromatic N) is 3. The van der Waals surface area contributed by atoms with E-state index in [0.29, 0.717) is 29.1 Å². The molecule has 0 spiro atoms. The average molecular weight is 433 g/mol. The molecule has 29 heavy (non-hydrogen) atoms. The number of halogens is 1. The number of anilines is 1. The van der Waals surface area contributed by atoms with Gasteiger partial charge in [0.25, 0.3) is 0 Å². The van der Waals surface area contributed by atoms with Crippen LogP contribution in [0.25, 0.3) is 0 Å². The Kier molecular flexibility index (Phi) is 7.20. The number of carbonyl (C=O) groups excluding carboxylic acids is 1. The smallest absolute Gasteiger partial charge is 0.230 e. The summed E-state index contributed by atoms with van der Waals surface area (Å²) < 4.78 is 6.51. The quantitative estimate of drug-likeness (QED) is 0.352. The molecule has 0 fully saturated rings. The molecule has 8 nitrogen and oxygen atoms in total. The molecule has 0 saturated carbocycles. The highest BCUT2D eigenvalue weighted by Crippen LogP contribution is 2.17. The van der Waals surface area contributed by atoms with Gasteiger partial charge in [-0.05, 0) is 42.0 Å². The Morgan fingerprint density at radius 3 is 2.72 bits per heavy atom. The van der Waals surface area contributed by atoms with Crippen molar-refractivity contribution in [2.24, 2.45) is 0 Å². The van der Waals surface area contributed by atoms with Crippen molar-refractivity contribution in [1.82, 2.24) is 20.2 Å². The number of nitrogen functional groups attached to an aromatic ring is 1. The fraction of sp³-hybridized carbons (Fsp3) is 0.211. The summed E-state index contributed by atoms with van der Waals surface area (Å²) in [6, 6.07) is 14.9. The zero-order valence-electron chi connectivity index (χ0n) is 15.8. The molecule has 1 aromatic heterocycles. The SMILES string of the molecule is COc1ccc(NCc2nnc(SCC(=O)NCc3cccc(Cl)c3)n2N)cc1. The number of aromatic nitrogens is 3. The second kappa shape index (κ2) is 10.0. The van der Waals surface area contributed by atoms with Gasteiger partial charge < -0.3 is 21.2 Å². The summed E-state index contributed by atoms with van der Waals surface area (Å²) in [5.74, 6) is 7.44. The Bertz CT molecular complexity index is 964. The van der Waals surface area contributed by atoms with E-state index in [9.17, 15) is 4.79 Å². The van der Waals surface area contributed by atoms with Gasteiger partial charge in [0.05, 0.1) is 19.4 Å². The Labute approximate surface area is 177 Å². The number of benzene rings is 2. The van der Waals surface area contributed by atoms with Crippen molar-refractivity contribution in [2.45, 2.75) is 18.2 Å². The maximum Gasteiger partial charge on any atom is 0.230 e. The zero-order chi connectivity index (χ0) is 20.6. The maximum atomic E-state index is 12.1. The first kappa shape index (κ1) is 20.8. The van der Waals surface area contributed by atoms with Crippen molar-refractivity contribution in [3.63, 3.8) is 0 Å². The lowest BCUT2D eigenvalue weighted by molar-refractivity contribution is -0.118. The molecule has 10 heteroatoms. The van der Waals surface area contributed by atoms with Gasteiger partial charge in [0.1, 0.15) is 5.75 Å². The average Bonchev–Trinajstić information content (AvgIpc) is 3.09. The summed E-state index contributed by atoms with van der Waals surface area (Å²) >= 11 is 7.16. The zero-order valence-corrected chi connectivity index (χ0v) is 17.3. The van der Waals surface area contributed by atoms with Crippen LogP contribution in [0.2, 0.25) is 5.02 Å². The van der Waals surface area contributed by atoms with Crippen molar-refractivity contribution in [2.75, 3.05) is 24.0 Å². The first-order valence-corrected chi connectivity index (χ1v) is 10.1. The normalized spacial score (nSPS) is 10.6. The minimum Gasteiger partial charge on any atom is -0.497 e. The summed E-state index contributed by atoms with van der Waals surface area (Å²) in [5.41, 5.74) is 1.84. The van der Waals surface area contributed by atoms with Crippen LogP contribution in [0.5, 0.6) is 5.75 Å². The van der Waals surface area contributed by atoms with Gasteiger partial charge in [0, 0.05) is 17.3 Å². The number of carbonyl (C=O) groups is 1. The monoisotopic (exact) mass is 432 g/mol. The molecule has 3 aromatic rings. The van der Waals surface area contributed by atoms with E-state index in [1.165, 1.54) is 16.4 Å². The molecule has 0 aliphatic rings. The highest BCUT2D eigenvalue weighted by atomic mass is 35.5. The van der Waals surface area contributed by atoms with Crippen molar-refractivity contribution in [3.8, 4) is 5.75 Å². The van der Waals surface area contributed by atoms with E-state index < -0.39 is 0 Å². The molecule has 0 aliphatic carbocycles. The third kappa shape index (κ3) is 6.03. The van der Waals surface area contributed by atoms with Gasteiger partial charge >= 0.3 is 0 Å². The number of ether oxygens (including phenoxy) is 1. The van der Waals surface area contributed by atoms with Crippen LogP contribution in [0.15, 0.2) is 53.7 Å². The van der Waals surface area contributed by atoms with Crippen LogP contribution in [0.4, 0.5) is 5.69 Å². The number of rotatable bonds is 9. The molecule has 0 radical (unpaired) electrons. The molecule has 0 atom stereocenters. The summed E-state index contributed by atoms with van der Waals surface area (Å²) in [5, 5.41) is 15.3. The summed E-state index contributed by atoms with van der Waals surface area (Å²) in [6.07, 6.45) is 0. The lowest BCUT2D eigenvalue weighted by Gasteiger charge is -2.08. The minimum absolute atomic E-state index is 0.129. The molecule has 1 heterocycles. The third-order valence-electron chi connectivity index (χ3n) is 3.99. The standard InChI is InChI=1S/C19H21ClN6O2S/c1-28-16-7-5-15(6-8-16)22-11-17-24-25-19(26(17)21)29-12-18(27)23-10-13-3-2-4-14(20)9-13/h2-9,22H,10-12,21H2,1H3,(H,23,27). The van der Waals surface area contributed by atoms with Crippen molar-refractivity contribution < 1.29 is 9.53 Å². The fourth-order valence-corrected chi connectivity index (χ4v) is 3.36. The maximum absolute atomic E-state index is 12.1. The van der Waals surface area contributed by atoms with Gasteiger partial charge in [0.2, 0.25) is 11.1 Å². The van der Waals surface area contributed by atoms with Crippen LogP contribution in [0.1, 0.15) is 11.4 Å². The van der Waals surface area contributed by atoms with Gasteiger partial charge in [-0.2, -0.15) is 0 Å². The number of hydrogen-bond acceptors (Lipinski definition) is 7. The van der Waals surface area contributed by atoms with Crippen molar-refractivity contribution in [3.05, 3.63) is 64.9 Å². The fourth-order valence-electron chi connectivity index (χ4n) is 2.44. The van der Waals surface area contributed by atoms with E-state index >= 15 is 0 Å². The number of nitrogens with two attached hydrogens (primary N) is 1. The Morgan fingerprint density at radius 2 is 2.00 bits per heavy atom. The van der Waals surface area contributed by atoms with Gasteiger partial charge in [-0.3, -0.25) is 4.79 Å². The van der Waals surface area contributed by atoms with E-state index in [1.807, 2.05) is 42.5 Å². The van der Waals surface area contributed by atoms with Gasteiger partial charge in [-0.1, -0.05) is 35.5 Å². The number of methoxy groups -OCH3 is 1. The van der Waals surface area contributed by atoms with E-state index in [0.717, 1.165) is 17.0 Å². The molecular weight excluding hydrogens is 412 g/mol. The Hall–Kier alpha value is -2.91. The molecular formula is C19H21ClN6O2S. The first-order valence-electron chi connectivity index (χ1n) is 8.76. The Morgan fingerprint density at radius 1 is 1.21 bits per heavy atom. The van der Waals surface area contributed by atoms with E-state index in [1.54, 1.807) is 13.2 Å². The topological polar surface area (TPSA) is 107 Å².